The van der Waals surface area contributed by atoms with Crippen LogP contribution in [-0.4, -0.2) is 43.0 Å². The van der Waals surface area contributed by atoms with Crippen molar-refractivity contribution in [1.29, 1.82) is 0 Å². The van der Waals surface area contributed by atoms with Gasteiger partial charge in [0, 0.05) is 13.1 Å². The summed E-state index contributed by atoms with van der Waals surface area (Å²) in [5, 5.41) is 2.83. The van der Waals surface area contributed by atoms with Gasteiger partial charge >= 0.3 is 0 Å². The highest BCUT2D eigenvalue weighted by atomic mass is 16.5. The molecule has 0 aliphatic heterocycles. The zero-order valence-electron chi connectivity index (χ0n) is 18.5. The Morgan fingerprint density at radius 3 is 2.50 bits per heavy atom. The maximum absolute atomic E-state index is 13.2. The van der Waals surface area contributed by atoms with E-state index in [1.165, 1.54) is 0 Å². The van der Waals surface area contributed by atoms with Crippen LogP contribution < -0.4 is 14.8 Å². The van der Waals surface area contributed by atoms with Crippen molar-refractivity contribution in [2.45, 2.75) is 46.7 Å². The Morgan fingerprint density at radius 1 is 1.10 bits per heavy atom. The van der Waals surface area contributed by atoms with Crippen molar-refractivity contribution in [1.82, 2.24) is 10.2 Å². The molecule has 0 radical (unpaired) electrons. The van der Waals surface area contributed by atoms with Crippen LogP contribution in [-0.2, 0) is 16.1 Å². The molecule has 0 aliphatic rings. The van der Waals surface area contributed by atoms with Crippen LogP contribution in [0.25, 0.3) is 0 Å². The minimum atomic E-state index is -0.578. The Kier molecular flexibility index (Phi) is 8.71. The molecule has 6 nitrogen and oxygen atoms in total. The third-order valence-corrected chi connectivity index (χ3v) is 5.13. The molecule has 0 saturated heterocycles. The topological polar surface area (TPSA) is 67.9 Å². The maximum Gasteiger partial charge on any atom is 0.261 e. The van der Waals surface area contributed by atoms with E-state index in [0.717, 1.165) is 16.7 Å². The third kappa shape index (κ3) is 5.99. The summed E-state index contributed by atoms with van der Waals surface area (Å²) >= 11 is 0. The second kappa shape index (κ2) is 11.2. The predicted molar refractivity (Wildman–Crippen MR) is 118 cm³/mol. The van der Waals surface area contributed by atoms with Gasteiger partial charge in [-0.25, -0.2) is 0 Å². The van der Waals surface area contributed by atoms with Crippen LogP contribution in [0.3, 0.4) is 0 Å². The van der Waals surface area contributed by atoms with Crippen LogP contribution in [0.1, 0.15) is 37.0 Å². The summed E-state index contributed by atoms with van der Waals surface area (Å²) in [6.07, 6.45) is 0.505. The summed E-state index contributed by atoms with van der Waals surface area (Å²) in [5.41, 5.74) is 2.99. The Labute approximate surface area is 179 Å². The third-order valence-electron chi connectivity index (χ3n) is 5.13. The fraction of sp³-hybridized carbons (Fsp3) is 0.417. The van der Waals surface area contributed by atoms with Crippen molar-refractivity contribution in [2.24, 2.45) is 0 Å². The molecule has 0 aromatic heterocycles. The summed E-state index contributed by atoms with van der Waals surface area (Å²) in [5.74, 6) is 0.980. The monoisotopic (exact) mass is 412 g/mol. The van der Waals surface area contributed by atoms with Crippen molar-refractivity contribution >= 4 is 11.8 Å². The molecular formula is C24H32N2O4. The molecule has 6 heteroatoms. The molecule has 0 saturated carbocycles. The lowest BCUT2D eigenvalue weighted by molar-refractivity contribution is -0.142. The molecule has 30 heavy (non-hydrogen) atoms. The smallest absolute Gasteiger partial charge is 0.261 e. The van der Waals surface area contributed by atoms with Crippen molar-refractivity contribution in [3.63, 3.8) is 0 Å². The Morgan fingerprint density at radius 2 is 1.83 bits per heavy atom. The molecule has 2 aromatic rings. The van der Waals surface area contributed by atoms with E-state index in [1.807, 2.05) is 70.2 Å². The molecular weight excluding hydrogens is 380 g/mol. The van der Waals surface area contributed by atoms with Gasteiger partial charge in [0.2, 0.25) is 5.91 Å². The Balaban J connectivity index is 2.25. The number of aryl methyl sites for hydroxylation is 1. The molecule has 2 rings (SSSR count). The SMILES string of the molecule is CCNC(=O)C(CC)N(Cc1cccc(OC)c1)C(=O)COc1cccc(C)c1C. The Bertz CT molecular complexity index is 866. The quantitative estimate of drug-likeness (QED) is 0.647. The number of amides is 2. The fourth-order valence-electron chi connectivity index (χ4n) is 3.28. The van der Waals surface area contributed by atoms with E-state index < -0.39 is 6.04 Å². The molecule has 0 bridgehead atoms. The first-order valence-corrected chi connectivity index (χ1v) is 10.3. The first kappa shape index (κ1) is 23.3. The summed E-state index contributed by atoms with van der Waals surface area (Å²) in [6.45, 7) is 8.40. The van der Waals surface area contributed by atoms with E-state index in [1.54, 1.807) is 12.0 Å². The summed E-state index contributed by atoms with van der Waals surface area (Å²) in [7, 11) is 1.60. The van der Waals surface area contributed by atoms with Gasteiger partial charge in [0.15, 0.2) is 6.61 Å². The fourth-order valence-corrected chi connectivity index (χ4v) is 3.28. The summed E-state index contributed by atoms with van der Waals surface area (Å²) in [4.78, 5) is 27.4. The molecule has 0 spiro atoms. The van der Waals surface area contributed by atoms with E-state index in [2.05, 4.69) is 5.32 Å². The van der Waals surface area contributed by atoms with E-state index in [9.17, 15) is 9.59 Å². The zero-order valence-corrected chi connectivity index (χ0v) is 18.5. The number of carbonyl (C=O) groups excluding carboxylic acids is 2. The first-order chi connectivity index (χ1) is 14.4. The highest BCUT2D eigenvalue weighted by molar-refractivity contribution is 5.88. The maximum atomic E-state index is 13.2. The van der Waals surface area contributed by atoms with Crippen LogP contribution in [0.15, 0.2) is 42.5 Å². The minimum absolute atomic E-state index is 0.135. The minimum Gasteiger partial charge on any atom is -0.497 e. The molecule has 1 atom stereocenters. The number of nitrogens with one attached hydrogen (secondary N) is 1. The summed E-state index contributed by atoms with van der Waals surface area (Å²) in [6, 6.07) is 12.7. The average molecular weight is 413 g/mol. The molecule has 1 unspecified atom stereocenters. The van der Waals surface area contributed by atoms with Crippen molar-refractivity contribution < 1.29 is 19.1 Å². The van der Waals surface area contributed by atoms with Gasteiger partial charge in [-0.05, 0) is 62.1 Å². The molecule has 162 valence electrons. The van der Waals surface area contributed by atoms with Crippen molar-refractivity contribution in [3.05, 3.63) is 59.2 Å². The lowest BCUT2D eigenvalue weighted by atomic mass is 10.1. The number of benzene rings is 2. The second-order valence-corrected chi connectivity index (χ2v) is 7.18. The van der Waals surface area contributed by atoms with Gasteiger partial charge < -0.3 is 19.7 Å². The van der Waals surface area contributed by atoms with Crippen molar-refractivity contribution in [3.8, 4) is 11.5 Å². The molecule has 0 fully saturated rings. The normalized spacial score (nSPS) is 11.5. The molecule has 2 aromatic carbocycles. The molecule has 1 N–H and O–H groups in total. The number of methoxy groups -OCH3 is 1. The van der Waals surface area contributed by atoms with Gasteiger partial charge in [-0.3, -0.25) is 9.59 Å². The van der Waals surface area contributed by atoms with Crippen LogP contribution in [0.4, 0.5) is 0 Å². The number of ether oxygens (including phenoxy) is 2. The van der Waals surface area contributed by atoms with Gasteiger partial charge in [0.1, 0.15) is 17.5 Å². The Hall–Kier alpha value is -3.02. The van der Waals surface area contributed by atoms with Crippen LogP contribution in [0, 0.1) is 13.8 Å². The van der Waals surface area contributed by atoms with E-state index in [0.29, 0.717) is 31.0 Å². The van der Waals surface area contributed by atoms with E-state index in [-0.39, 0.29) is 18.4 Å². The van der Waals surface area contributed by atoms with Gasteiger partial charge in [-0.1, -0.05) is 31.2 Å². The second-order valence-electron chi connectivity index (χ2n) is 7.18. The van der Waals surface area contributed by atoms with Crippen LogP contribution in [0.5, 0.6) is 11.5 Å². The van der Waals surface area contributed by atoms with Gasteiger partial charge in [-0.2, -0.15) is 0 Å². The predicted octanol–water partition coefficient (Wildman–Crippen LogP) is 3.63. The van der Waals surface area contributed by atoms with Crippen LogP contribution >= 0.6 is 0 Å². The average Bonchev–Trinajstić information content (AvgIpc) is 2.74. The first-order valence-electron chi connectivity index (χ1n) is 10.3. The zero-order chi connectivity index (χ0) is 22.1. The number of hydrogen-bond donors (Lipinski definition) is 1. The molecule has 0 aliphatic carbocycles. The summed E-state index contributed by atoms with van der Waals surface area (Å²) < 4.78 is 11.1. The number of rotatable bonds is 10. The van der Waals surface area contributed by atoms with Crippen molar-refractivity contribution in [2.75, 3.05) is 20.3 Å². The van der Waals surface area contributed by atoms with Crippen LogP contribution in [0.2, 0.25) is 0 Å². The number of nitrogens with zero attached hydrogens (tertiary/aromatic N) is 1. The number of carbonyl (C=O) groups is 2. The largest absolute Gasteiger partial charge is 0.497 e. The molecule has 2 amide bonds. The van der Waals surface area contributed by atoms with E-state index >= 15 is 0 Å². The standard InChI is InChI=1S/C24H32N2O4/c1-6-21(24(28)25-7-2)26(15-19-11-9-12-20(14-19)29-5)23(27)16-30-22-13-8-10-17(3)18(22)4/h8-14,21H,6-7,15-16H2,1-5H3,(H,25,28). The van der Waals surface area contributed by atoms with E-state index in [4.69, 9.17) is 9.47 Å². The van der Waals surface area contributed by atoms with Gasteiger partial charge in [0.05, 0.1) is 7.11 Å². The van der Waals surface area contributed by atoms with Gasteiger partial charge in [0.25, 0.3) is 5.91 Å². The lowest BCUT2D eigenvalue weighted by Gasteiger charge is -2.30. The molecule has 0 heterocycles. The van der Waals surface area contributed by atoms with Gasteiger partial charge in [-0.15, -0.1) is 0 Å². The number of hydrogen-bond acceptors (Lipinski definition) is 4. The lowest BCUT2D eigenvalue weighted by Crippen LogP contribution is -2.50. The highest BCUT2D eigenvalue weighted by Gasteiger charge is 2.28. The highest BCUT2D eigenvalue weighted by Crippen LogP contribution is 2.21. The number of likely N-dealkylation sites (N-methyl/N-ethyl adjacent to an activating group) is 1.